The molecule has 102 valence electrons. The molecular weight excluding hydrogens is 286 g/mol. The van der Waals surface area contributed by atoms with Gasteiger partial charge in [-0.2, -0.15) is 0 Å². The zero-order chi connectivity index (χ0) is 14.0. The highest BCUT2D eigenvalue weighted by atomic mass is 35.7. The lowest BCUT2D eigenvalue weighted by Crippen LogP contribution is -2.28. The summed E-state index contributed by atoms with van der Waals surface area (Å²) in [5, 5.41) is 0. The lowest BCUT2D eigenvalue weighted by molar-refractivity contribution is 0.186. The second kappa shape index (κ2) is 5.40. The van der Waals surface area contributed by atoms with Gasteiger partial charge in [0.15, 0.2) is 17.4 Å². The van der Waals surface area contributed by atoms with E-state index in [2.05, 4.69) is 0 Å². The number of rotatable bonds is 5. The van der Waals surface area contributed by atoms with E-state index in [0.29, 0.717) is 0 Å². The second-order valence-electron chi connectivity index (χ2n) is 4.69. The Labute approximate surface area is 109 Å². The molecule has 0 saturated carbocycles. The molecular formula is C11H13ClF2O3S. The van der Waals surface area contributed by atoms with Gasteiger partial charge in [0.1, 0.15) is 0 Å². The molecule has 0 aromatic heterocycles. The molecule has 0 N–H and O–H groups in total. The quantitative estimate of drug-likeness (QED) is 0.785. The molecule has 7 heteroatoms. The number of halogens is 3. The van der Waals surface area contributed by atoms with Gasteiger partial charge in [-0.1, -0.05) is 19.9 Å². The lowest BCUT2D eigenvalue weighted by Gasteiger charge is -2.23. The summed E-state index contributed by atoms with van der Waals surface area (Å²) in [5.74, 6) is -2.53. The van der Waals surface area contributed by atoms with Gasteiger partial charge < -0.3 is 4.74 Å². The van der Waals surface area contributed by atoms with Crippen molar-refractivity contribution < 1.29 is 21.9 Å². The van der Waals surface area contributed by atoms with Crippen LogP contribution in [-0.2, 0) is 9.05 Å². The van der Waals surface area contributed by atoms with Crippen LogP contribution in [0.25, 0.3) is 0 Å². The molecule has 0 heterocycles. The van der Waals surface area contributed by atoms with Gasteiger partial charge >= 0.3 is 0 Å². The predicted molar refractivity (Wildman–Crippen MR) is 65.3 cm³/mol. The third-order valence-corrected chi connectivity index (χ3v) is 3.54. The highest BCUT2D eigenvalue weighted by Crippen LogP contribution is 2.25. The van der Waals surface area contributed by atoms with Gasteiger partial charge in [-0.25, -0.2) is 17.2 Å². The summed E-state index contributed by atoms with van der Waals surface area (Å²) < 4.78 is 53.4. The van der Waals surface area contributed by atoms with Crippen molar-refractivity contribution in [2.24, 2.45) is 5.41 Å². The van der Waals surface area contributed by atoms with Crippen molar-refractivity contribution in [2.75, 3.05) is 12.4 Å². The van der Waals surface area contributed by atoms with Crippen LogP contribution in [0.15, 0.2) is 18.2 Å². The standard InChI is InChI=1S/C11H13ClF2O3S/c1-11(2,7-18(12,15)16)6-17-10-8(13)4-3-5-9(10)14/h3-5H,6-7H2,1-2H3. The van der Waals surface area contributed by atoms with Crippen LogP contribution in [0.1, 0.15) is 13.8 Å². The molecule has 0 aliphatic rings. The lowest BCUT2D eigenvalue weighted by atomic mass is 9.98. The minimum atomic E-state index is -3.70. The first-order chi connectivity index (χ1) is 8.11. The second-order valence-corrected chi connectivity index (χ2v) is 7.46. The van der Waals surface area contributed by atoms with Gasteiger partial charge in [-0.3, -0.25) is 0 Å². The molecule has 0 atom stereocenters. The average molecular weight is 299 g/mol. The van der Waals surface area contributed by atoms with E-state index in [1.54, 1.807) is 13.8 Å². The number of hydrogen-bond acceptors (Lipinski definition) is 3. The first-order valence-electron chi connectivity index (χ1n) is 5.10. The highest BCUT2D eigenvalue weighted by molar-refractivity contribution is 8.13. The first kappa shape index (κ1) is 15.2. The third kappa shape index (κ3) is 4.78. The van der Waals surface area contributed by atoms with Crippen molar-refractivity contribution in [2.45, 2.75) is 13.8 Å². The Hall–Kier alpha value is -0.880. The zero-order valence-corrected chi connectivity index (χ0v) is 11.5. The van der Waals surface area contributed by atoms with E-state index in [1.807, 2.05) is 0 Å². The van der Waals surface area contributed by atoms with Crippen LogP contribution in [-0.4, -0.2) is 20.8 Å². The molecule has 0 saturated heterocycles. The van der Waals surface area contributed by atoms with Crippen LogP contribution in [0.4, 0.5) is 8.78 Å². The third-order valence-electron chi connectivity index (χ3n) is 2.09. The van der Waals surface area contributed by atoms with Crippen molar-refractivity contribution in [1.82, 2.24) is 0 Å². The topological polar surface area (TPSA) is 43.4 Å². The molecule has 0 spiro atoms. The average Bonchev–Trinajstić information content (AvgIpc) is 2.12. The van der Waals surface area contributed by atoms with E-state index in [9.17, 15) is 17.2 Å². The van der Waals surface area contributed by atoms with E-state index < -0.39 is 31.8 Å². The SMILES string of the molecule is CC(C)(COc1c(F)cccc1F)CS(=O)(=O)Cl. The smallest absolute Gasteiger partial charge is 0.233 e. The maximum atomic E-state index is 13.3. The Morgan fingerprint density at radius 3 is 2.22 bits per heavy atom. The monoisotopic (exact) mass is 298 g/mol. The maximum absolute atomic E-state index is 13.3. The largest absolute Gasteiger partial charge is 0.487 e. The minimum absolute atomic E-state index is 0.170. The van der Waals surface area contributed by atoms with Crippen LogP contribution >= 0.6 is 10.7 Å². The molecule has 18 heavy (non-hydrogen) atoms. The van der Waals surface area contributed by atoms with Gasteiger partial charge in [-0.15, -0.1) is 0 Å². The molecule has 0 radical (unpaired) electrons. The molecule has 0 amide bonds. The van der Waals surface area contributed by atoms with Crippen LogP contribution in [0, 0.1) is 17.0 Å². The molecule has 0 fully saturated rings. The van der Waals surface area contributed by atoms with E-state index >= 15 is 0 Å². The molecule has 1 aromatic carbocycles. The van der Waals surface area contributed by atoms with Crippen molar-refractivity contribution in [3.05, 3.63) is 29.8 Å². The minimum Gasteiger partial charge on any atom is -0.487 e. The van der Waals surface area contributed by atoms with Gasteiger partial charge in [0.05, 0.1) is 12.4 Å². The fourth-order valence-electron chi connectivity index (χ4n) is 1.40. The highest BCUT2D eigenvalue weighted by Gasteiger charge is 2.26. The summed E-state index contributed by atoms with van der Waals surface area (Å²) in [5.41, 5.74) is -0.852. The van der Waals surface area contributed by atoms with E-state index in [1.165, 1.54) is 6.07 Å². The summed E-state index contributed by atoms with van der Waals surface area (Å²) in [6, 6.07) is 3.33. The van der Waals surface area contributed by atoms with Crippen LogP contribution < -0.4 is 4.74 Å². The summed E-state index contributed by atoms with van der Waals surface area (Å²) in [6.07, 6.45) is 0. The Bertz CT molecular complexity index is 509. The van der Waals surface area contributed by atoms with E-state index in [4.69, 9.17) is 15.4 Å². The summed E-state index contributed by atoms with van der Waals surface area (Å²) in [7, 11) is 1.43. The summed E-state index contributed by atoms with van der Waals surface area (Å²) >= 11 is 0. The van der Waals surface area contributed by atoms with E-state index in [0.717, 1.165) is 12.1 Å². The van der Waals surface area contributed by atoms with Crippen molar-refractivity contribution in [3.63, 3.8) is 0 Å². The van der Waals surface area contributed by atoms with Gasteiger partial charge in [0, 0.05) is 16.1 Å². The number of para-hydroxylation sites is 1. The van der Waals surface area contributed by atoms with Crippen molar-refractivity contribution in [3.8, 4) is 5.75 Å². The number of hydrogen-bond donors (Lipinski definition) is 0. The molecule has 1 rings (SSSR count). The normalized spacial score (nSPS) is 12.5. The Morgan fingerprint density at radius 2 is 1.78 bits per heavy atom. The number of ether oxygens (including phenoxy) is 1. The summed E-state index contributed by atoms with van der Waals surface area (Å²) in [6.45, 7) is 2.98. The molecule has 0 aliphatic carbocycles. The van der Waals surface area contributed by atoms with Gasteiger partial charge in [0.25, 0.3) is 0 Å². The Balaban J connectivity index is 2.76. The molecule has 0 aliphatic heterocycles. The summed E-state index contributed by atoms with van der Waals surface area (Å²) in [4.78, 5) is 0. The molecule has 1 aromatic rings. The van der Waals surface area contributed by atoms with Gasteiger partial charge in [0.2, 0.25) is 9.05 Å². The van der Waals surface area contributed by atoms with Crippen LogP contribution in [0.2, 0.25) is 0 Å². The van der Waals surface area contributed by atoms with Crippen molar-refractivity contribution >= 4 is 19.7 Å². The molecule has 0 bridgehead atoms. The fourth-order valence-corrected chi connectivity index (χ4v) is 3.30. The Morgan fingerprint density at radius 1 is 1.28 bits per heavy atom. The maximum Gasteiger partial charge on any atom is 0.233 e. The fraction of sp³-hybridized carbons (Fsp3) is 0.455. The molecule has 3 nitrogen and oxygen atoms in total. The molecule has 0 unspecified atom stereocenters. The van der Waals surface area contributed by atoms with Crippen LogP contribution in [0.3, 0.4) is 0 Å². The number of benzene rings is 1. The van der Waals surface area contributed by atoms with Crippen LogP contribution in [0.5, 0.6) is 5.75 Å². The van der Waals surface area contributed by atoms with Crippen molar-refractivity contribution in [1.29, 1.82) is 0 Å². The first-order valence-corrected chi connectivity index (χ1v) is 7.58. The van der Waals surface area contributed by atoms with Gasteiger partial charge in [-0.05, 0) is 12.1 Å². The Kier molecular flexibility index (Phi) is 4.55. The predicted octanol–water partition coefficient (Wildman–Crippen LogP) is 2.94. The zero-order valence-electron chi connectivity index (χ0n) is 9.91. The van der Waals surface area contributed by atoms with E-state index in [-0.39, 0.29) is 12.4 Å².